The molecule has 1 N–H and O–H groups in total. The summed E-state index contributed by atoms with van der Waals surface area (Å²) < 4.78 is 0. The van der Waals surface area contributed by atoms with Gasteiger partial charge >= 0.3 is 5.97 Å². The molecule has 0 aromatic rings. The second kappa shape index (κ2) is 7.84. The van der Waals surface area contributed by atoms with Gasteiger partial charge in [0.2, 0.25) is 0 Å². The summed E-state index contributed by atoms with van der Waals surface area (Å²) in [6.45, 7) is 6.47. The minimum atomic E-state index is -0.668. The van der Waals surface area contributed by atoms with Gasteiger partial charge in [-0.2, -0.15) is 0 Å². The van der Waals surface area contributed by atoms with Crippen molar-refractivity contribution >= 4 is 5.97 Å². The Bertz CT molecular complexity index is 154. The first kappa shape index (κ1) is 13.5. The zero-order valence-corrected chi connectivity index (χ0v) is 9.75. The van der Waals surface area contributed by atoms with Gasteiger partial charge in [-0.1, -0.05) is 46.5 Å². The number of carboxylic acid groups (broad SMARTS) is 1. The SMILES string of the molecule is CCCCCC(C)CC(C)CC(=O)O. The fourth-order valence-corrected chi connectivity index (χ4v) is 1.93. The van der Waals surface area contributed by atoms with Crippen molar-refractivity contribution in [1.82, 2.24) is 0 Å². The third kappa shape index (κ3) is 8.09. The number of hydrogen-bond donors (Lipinski definition) is 1. The van der Waals surface area contributed by atoms with Gasteiger partial charge in [-0.3, -0.25) is 4.79 Å². The molecule has 0 rings (SSSR count). The molecule has 0 amide bonds. The van der Waals surface area contributed by atoms with Crippen molar-refractivity contribution in [2.45, 2.75) is 59.3 Å². The maximum Gasteiger partial charge on any atom is 0.303 e. The molecule has 14 heavy (non-hydrogen) atoms. The molecule has 84 valence electrons. The van der Waals surface area contributed by atoms with Gasteiger partial charge in [0.25, 0.3) is 0 Å². The maximum absolute atomic E-state index is 10.5. The highest BCUT2D eigenvalue weighted by Crippen LogP contribution is 2.20. The average Bonchev–Trinajstić information content (AvgIpc) is 2.02. The summed E-state index contributed by atoms with van der Waals surface area (Å²) >= 11 is 0. The van der Waals surface area contributed by atoms with Crippen LogP contribution in [0.25, 0.3) is 0 Å². The Labute approximate surface area is 87.7 Å². The lowest BCUT2D eigenvalue weighted by atomic mass is 9.91. The molecule has 0 spiro atoms. The Balaban J connectivity index is 3.49. The van der Waals surface area contributed by atoms with Crippen LogP contribution in [0.5, 0.6) is 0 Å². The molecule has 0 aliphatic carbocycles. The van der Waals surface area contributed by atoms with E-state index in [4.69, 9.17) is 5.11 Å². The summed E-state index contributed by atoms with van der Waals surface area (Å²) in [5.41, 5.74) is 0. The van der Waals surface area contributed by atoms with Gasteiger partial charge in [0.1, 0.15) is 0 Å². The summed E-state index contributed by atoms with van der Waals surface area (Å²) in [4.78, 5) is 10.5. The maximum atomic E-state index is 10.5. The van der Waals surface area contributed by atoms with Gasteiger partial charge in [0.05, 0.1) is 0 Å². The third-order valence-electron chi connectivity index (χ3n) is 2.63. The molecule has 0 heterocycles. The van der Waals surface area contributed by atoms with Crippen molar-refractivity contribution in [3.63, 3.8) is 0 Å². The van der Waals surface area contributed by atoms with Gasteiger partial charge in [0.15, 0.2) is 0 Å². The minimum absolute atomic E-state index is 0.318. The highest BCUT2D eigenvalue weighted by molar-refractivity contribution is 5.66. The molecule has 0 saturated heterocycles. The second-order valence-corrected chi connectivity index (χ2v) is 4.54. The van der Waals surface area contributed by atoms with Crippen LogP contribution in [0.2, 0.25) is 0 Å². The molecular formula is C12H24O2. The lowest BCUT2D eigenvalue weighted by Crippen LogP contribution is -2.08. The summed E-state index contributed by atoms with van der Waals surface area (Å²) in [5, 5.41) is 8.61. The van der Waals surface area contributed by atoms with E-state index in [1.54, 1.807) is 0 Å². The molecule has 2 unspecified atom stereocenters. The smallest absolute Gasteiger partial charge is 0.303 e. The Morgan fingerprint density at radius 2 is 1.86 bits per heavy atom. The van der Waals surface area contributed by atoms with Crippen molar-refractivity contribution in [3.05, 3.63) is 0 Å². The van der Waals surface area contributed by atoms with Crippen molar-refractivity contribution < 1.29 is 9.90 Å². The summed E-state index contributed by atoms with van der Waals surface area (Å²) in [5.74, 6) is 0.332. The molecule has 0 aromatic heterocycles. The van der Waals surface area contributed by atoms with Gasteiger partial charge < -0.3 is 5.11 Å². The molecule has 0 aliphatic heterocycles. The molecule has 0 bridgehead atoms. The van der Waals surface area contributed by atoms with Gasteiger partial charge in [-0.05, 0) is 18.3 Å². The van der Waals surface area contributed by atoms with E-state index in [-0.39, 0.29) is 0 Å². The average molecular weight is 200 g/mol. The zero-order chi connectivity index (χ0) is 11.0. The summed E-state index contributed by atoms with van der Waals surface area (Å²) in [7, 11) is 0. The zero-order valence-electron chi connectivity index (χ0n) is 9.75. The van der Waals surface area contributed by atoms with Crippen molar-refractivity contribution in [2.75, 3.05) is 0 Å². The molecule has 0 aromatic carbocycles. The molecule has 0 fully saturated rings. The van der Waals surface area contributed by atoms with Crippen molar-refractivity contribution in [3.8, 4) is 0 Å². The lowest BCUT2D eigenvalue weighted by Gasteiger charge is -2.15. The third-order valence-corrected chi connectivity index (χ3v) is 2.63. The lowest BCUT2D eigenvalue weighted by molar-refractivity contribution is -0.138. The van der Waals surface area contributed by atoms with Crippen LogP contribution in [0, 0.1) is 11.8 Å². The van der Waals surface area contributed by atoms with E-state index in [2.05, 4.69) is 13.8 Å². The second-order valence-electron chi connectivity index (χ2n) is 4.54. The van der Waals surface area contributed by atoms with E-state index in [0.29, 0.717) is 18.3 Å². The van der Waals surface area contributed by atoms with E-state index in [1.807, 2.05) is 6.92 Å². The van der Waals surface area contributed by atoms with Crippen LogP contribution in [-0.2, 0) is 4.79 Å². The standard InChI is InChI=1S/C12H24O2/c1-4-5-6-7-10(2)8-11(3)9-12(13)14/h10-11H,4-9H2,1-3H3,(H,13,14). The Hall–Kier alpha value is -0.530. The van der Waals surface area contributed by atoms with Gasteiger partial charge in [-0.15, -0.1) is 0 Å². The normalized spacial score (nSPS) is 15.1. The summed E-state index contributed by atoms with van der Waals surface area (Å²) in [6, 6.07) is 0. The van der Waals surface area contributed by atoms with E-state index in [9.17, 15) is 4.79 Å². The van der Waals surface area contributed by atoms with Crippen LogP contribution in [-0.4, -0.2) is 11.1 Å². The van der Waals surface area contributed by atoms with Crippen LogP contribution >= 0.6 is 0 Å². The number of unbranched alkanes of at least 4 members (excludes halogenated alkanes) is 2. The predicted molar refractivity (Wildman–Crippen MR) is 59.3 cm³/mol. The number of carbonyl (C=O) groups is 1. The predicted octanol–water partition coefficient (Wildman–Crippen LogP) is 3.70. The van der Waals surface area contributed by atoms with Crippen molar-refractivity contribution in [1.29, 1.82) is 0 Å². The van der Waals surface area contributed by atoms with E-state index in [1.165, 1.54) is 25.7 Å². The number of carboxylic acids is 1. The van der Waals surface area contributed by atoms with E-state index >= 15 is 0 Å². The minimum Gasteiger partial charge on any atom is -0.481 e. The fraction of sp³-hybridized carbons (Fsp3) is 0.917. The van der Waals surface area contributed by atoms with Crippen LogP contribution in [0.4, 0.5) is 0 Å². The highest BCUT2D eigenvalue weighted by Gasteiger charge is 2.11. The molecule has 2 nitrogen and oxygen atoms in total. The van der Waals surface area contributed by atoms with Gasteiger partial charge in [0, 0.05) is 6.42 Å². The first-order chi connectivity index (χ1) is 6.56. The quantitative estimate of drug-likeness (QED) is 0.606. The van der Waals surface area contributed by atoms with Gasteiger partial charge in [-0.25, -0.2) is 0 Å². The largest absolute Gasteiger partial charge is 0.481 e. The Morgan fingerprint density at radius 1 is 1.21 bits per heavy atom. The molecule has 0 aliphatic rings. The Kier molecular flexibility index (Phi) is 7.54. The number of rotatable bonds is 8. The number of hydrogen-bond acceptors (Lipinski definition) is 1. The fourth-order valence-electron chi connectivity index (χ4n) is 1.93. The van der Waals surface area contributed by atoms with Crippen LogP contribution in [0.3, 0.4) is 0 Å². The first-order valence-corrected chi connectivity index (χ1v) is 5.78. The van der Waals surface area contributed by atoms with Crippen molar-refractivity contribution in [2.24, 2.45) is 11.8 Å². The van der Waals surface area contributed by atoms with E-state index in [0.717, 1.165) is 6.42 Å². The summed E-state index contributed by atoms with van der Waals surface area (Å²) in [6.07, 6.45) is 6.47. The molecule has 0 radical (unpaired) electrons. The van der Waals surface area contributed by atoms with Crippen LogP contribution in [0.1, 0.15) is 59.3 Å². The molecule has 0 saturated carbocycles. The molecule has 2 atom stereocenters. The highest BCUT2D eigenvalue weighted by atomic mass is 16.4. The van der Waals surface area contributed by atoms with Crippen LogP contribution < -0.4 is 0 Å². The Morgan fingerprint density at radius 3 is 2.36 bits per heavy atom. The molecular weight excluding hydrogens is 176 g/mol. The van der Waals surface area contributed by atoms with E-state index < -0.39 is 5.97 Å². The topological polar surface area (TPSA) is 37.3 Å². The number of aliphatic carboxylic acids is 1. The molecule has 2 heteroatoms. The first-order valence-electron chi connectivity index (χ1n) is 5.78. The van der Waals surface area contributed by atoms with Crippen LogP contribution in [0.15, 0.2) is 0 Å². The monoisotopic (exact) mass is 200 g/mol.